The predicted octanol–water partition coefficient (Wildman–Crippen LogP) is 4.27. The Bertz CT molecular complexity index is 426. The molecule has 0 radical (unpaired) electrons. The molecule has 1 saturated carbocycles. The Morgan fingerprint density at radius 1 is 1.16 bits per heavy atom. The van der Waals surface area contributed by atoms with E-state index in [0.29, 0.717) is 6.04 Å². The van der Waals surface area contributed by atoms with Crippen LogP contribution in [-0.2, 0) is 11.8 Å². The Morgan fingerprint density at radius 3 is 2.11 bits per heavy atom. The van der Waals surface area contributed by atoms with Crippen LogP contribution in [-0.4, -0.2) is 6.04 Å². The first-order valence-electron chi connectivity index (χ1n) is 7.63. The van der Waals surface area contributed by atoms with E-state index in [4.69, 9.17) is 5.73 Å². The molecule has 1 aliphatic rings. The van der Waals surface area contributed by atoms with E-state index in [0.717, 1.165) is 12.3 Å². The number of nitrogens with two attached hydrogens (primary N) is 1. The first-order valence-corrected chi connectivity index (χ1v) is 7.63. The monoisotopic (exact) mass is 259 g/mol. The zero-order chi connectivity index (χ0) is 14.2. The molecular formula is C18H29N. The normalized spacial score (nSPS) is 17.6. The topological polar surface area (TPSA) is 26.0 Å². The van der Waals surface area contributed by atoms with E-state index in [-0.39, 0.29) is 5.41 Å². The van der Waals surface area contributed by atoms with E-state index in [9.17, 15) is 0 Å². The van der Waals surface area contributed by atoms with E-state index in [1.165, 1.54) is 41.5 Å². The summed E-state index contributed by atoms with van der Waals surface area (Å²) in [6.45, 7) is 11.3. The lowest BCUT2D eigenvalue weighted by Gasteiger charge is -2.23. The summed E-state index contributed by atoms with van der Waals surface area (Å²) in [7, 11) is 0. The fourth-order valence-corrected chi connectivity index (χ4v) is 2.88. The Morgan fingerprint density at radius 2 is 1.68 bits per heavy atom. The second-order valence-corrected chi connectivity index (χ2v) is 7.48. The molecule has 1 heteroatoms. The summed E-state index contributed by atoms with van der Waals surface area (Å²) in [5.74, 6) is 0.921. The number of hydrogen-bond donors (Lipinski definition) is 1. The minimum atomic E-state index is 0.226. The molecule has 0 spiro atoms. The summed E-state index contributed by atoms with van der Waals surface area (Å²) in [6.07, 6.45) is 5.04. The molecule has 0 aromatic heterocycles. The van der Waals surface area contributed by atoms with Gasteiger partial charge in [-0.05, 0) is 60.3 Å². The minimum Gasteiger partial charge on any atom is -0.327 e. The highest BCUT2D eigenvalue weighted by Gasteiger charge is 2.24. The average molecular weight is 259 g/mol. The number of hydrogen-bond acceptors (Lipinski definition) is 1. The number of benzene rings is 1. The van der Waals surface area contributed by atoms with Crippen LogP contribution in [0.25, 0.3) is 0 Å². The molecule has 0 amide bonds. The van der Waals surface area contributed by atoms with Gasteiger partial charge < -0.3 is 5.73 Å². The van der Waals surface area contributed by atoms with Gasteiger partial charge in [0, 0.05) is 6.04 Å². The molecule has 0 saturated heterocycles. The molecule has 0 aliphatic heterocycles. The van der Waals surface area contributed by atoms with Crippen molar-refractivity contribution >= 4 is 0 Å². The third-order valence-electron chi connectivity index (χ3n) is 4.36. The van der Waals surface area contributed by atoms with Crippen molar-refractivity contribution in [1.29, 1.82) is 0 Å². The second-order valence-electron chi connectivity index (χ2n) is 7.48. The van der Waals surface area contributed by atoms with Gasteiger partial charge in [-0.3, -0.25) is 0 Å². The van der Waals surface area contributed by atoms with Crippen LogP contribution in [0, 0.1) is 19.8 Å². The summed E-state index contributed by atoms with van der Waals surface area (Å²) >= 11 is 0. The van der Waals surface area contributed by atoms with Crippen LogP contribution in [0.2, 0.25) is 0 Å². The van der Waals surface area contributed by atoms with Gasteiger partial charge in [0.15, 0.2) is 0 Å². The van der Waals surface area contributed by atoms with Gasteiger partial charge in [-0.15, -0.1) is 0 Å². The molecule has 19 heavy (non-hydrogen) atoms. The number of aryl methyl sites for hydroxylation is 2. The van der Waals surface area contributed by atoms with Gasteiger partial charge in [0.05, 0.1) is 0 Å². The lowest BCUT2D eigenvalue weighted by Crippen LogP contribution is -2.24. The van der Waals surface area contributed by atoms with Crippen molar-refractivity contribution in [2.45, 2.75) is 71.8 Å². The van der Waals surface area contributed by atoms with Crippen molar-refractivity contribution in [1.82, 2.24) is 0 Å². The Hall–Kier alpha value is -0.820. The summed E-state index contributed by atoms with van der Waals surface area (Å²) in [5.41, 5.74) is 12.3. The van der Waals surface area contributed by atoms with Crippen LogP contribution in [0.1, 0.15) is 62.3 Å². The molecule has 2 rings (SSSR count). The SMILES string of the molecule is Cc1cc(C(C)(C)C)cc(C)c1CC(N)CC1CC1. The summed E-state index contributed by atoms with van der Waals surface area (Å²) in [6, 6.07) is 5.05. The van der Waals surface area contributed by atoms with E-state index in [1.54, 1.807) is 0 Å². The summed E-state index contributed by atoms with van der Waals surface area (Å²) in [4.78, 5) is 0. The van der Waals surface area contributed by atoms with E-state index in [2.05, 4.69) is 46.8 Å². The quantitative estimate of drug-likeness (QED) is 0.858. The van der Waals surface area contributed by atoms with Gasteiger partial charge in [0.2, 0.25) is 0 Å². The first kappa shape index (κ1) is 14.6. The highest BCUT2D eigenvalue weighted by atomic mass is 14.6. The van der Waals surface area contributed by atoms with Gasteiger partial charge in [-0.2, -0.15) is 0 Å². The largest absolute Gasteiger partial charge is 0.327 e. The van der Waals surface area contributed by atoms with Crippen LogP contribution >= 0.6 is 0 Å². The van der Waals surface area contributed by atoms with Crippen molar-refractivity contribution in [3.63, 3.8) is 0 Å². The van der Waals surface area contributed by atoms with Crippen molar-refractivity contribution in [3.05, 3.63) is 34.4 Å². The van der Waals surface area contributed by atoms with Crippen molar-refractivity contribution in [3.8, 4) is 0 Å². The highest BCUT2D eigenvalue weighted by molar-refractivity contribution is 5.40. The molecule has 1 aromatic carbocycles. The van der Waals surface area contributed by atoms with Crippen LogP contribution in [0.3, 0.4) is 0 Å². The molecule has 1 aromatic rings. The van der Waals surface area contributed by atoms with Crippen molar-refractivity contribution in [2.75, 3.05) is 0 Å². The fourth-order valence-electron chi connectivity index (χ4n) is 2.88. The maximum absolute atomic E-state index is 6.31. The van der Waals surface area contributed by atoms with E-state index in [1.807, 2.05) is 0 Å². The van der Waals surface area contributed by atoms with Gasteiger partial charge >= 0.3 is 0 Å². The highest BCUT2D eigenvalue weighted by Crippen LogP contribution is 2.34. The molecule has 0 heterocycles. The van der Waals surface area contributed by atoms with Crippen molar-refractivity contribution in [2.24, 2.45) is 11.7 Å². The standard InChI is InChI=1S/C18H29N/c1-12-8-15(18(3,4)5)9-13(2)17(12)11-16(19)10-14-6-7-14/h8-9,14,16H,6-7,10-11,19H2,1-5H3. The maximum Gasteiger partial charge on any atom is 0.00821 e. The third kappa shape index (κ3) is 3.82. The molecule has 1 unspecified atom stereocenters. The molecule has 1 atom stereocenters. The van der Waals surface area contributed by atoms with Crippen LogP contribution in [0.15, 0.2) is 12.1 Å². The number of rotatable bonds is 4. The Balaban J connectivity index is 2.16. The second kappa shape index (κ2) is 5.28. The molecular weight excluding hydrogens is 230 g/mol. The lowest BCUT2D eigenvalue weighted by atomic mass is 9.82. The van der Waals surface area contributed by atoms with Gasteiger partial charge in [-0.25, -0.2) is 0 Å². The van der Waals surface area contributed by atoms with Crippen LogP contribution in [0.5, 0.6) is 0 Å². The smallest absolute Gasteiger partial charge is 0.00821 e. The molecule has 106 valence electrons. The Labute approximate surface area is 118 Å². The minimum absolute atomic E-state index is 0.226. The molecule has 1 nitrogen and oxygen atoms in total. The molecule has 0 bridgehead atoms. The summed E-state index contributed by atoms with van der Waals surface area (Å²) in [5, 5.41) is 0. The van der Waals surface area contributed by atoms with Gasteiger partial charge in [-0.1, -0.05) is 45.7 Å². The molecule has 1 fully saturated rings. The maximum atomic E-state index is 6.31. The fraction of sp³-hybridized carbons (Fsp3) is 0.667. The molecule has 1 aliphatic carbocycles. The predicted molar refractivity (Wildman–Crippen MR) is 83.6 cm³/mol. The average Bonchev–Trinajstić information content (AvgIpc) is 3.05. The van der Waals surface area contributed by atoms with E-state index < -0.39 is 0 Å². The summed E-state index contributed by atoms with van der Waals surface area (Å²) < 4.78 is 0. The van der Waals surface area contributed by atoms with E-state index >= 15 is 0 Å². The van der Waals surface area contributed by atoms with Crippen molar-refractivity contribution < 1.29 is 0 Å². The van der Waals surface area contributed by atoms with Crippen LogP contribution < -0.4 is 5.73 Å². The Kier molecular flexibility index (Phi) is 4.06. The lowest BCUT2D eigenvalue weighted by molar-refractivity contribution is 0.562. The van der Waals surface area contributed by atoms with Gasteiger partial charge in [0.1, 0.15) is 0 Å². The first-order chi connectivity index (χ1) is 8.77. The zero-order valence-electron chi connectivity index (χ0n) is 13.2. The van der Waals surface area contributed by atoms with Gasteiger partial charge in [0.25, 0.3) is 0 Å². The molecule has 2 N–H and O–H groups in total. The van der Waals surface area contributed by atoms with Crippen LogP contribution in [0.4, 0.5) is 0 Å². The zero-order valence-corrected chi connectivity index (χ0v) is 13.2. The third-order valence-corrected chi connectivity index (χ3v) is 4.36.